The lowest BCUT2D eigenvalue weighted by Gasteiger charge is -2.14. The smallest absolute Gasteiger partial charge is 0.268 e. The van der Waals surface area contributed by atoms with Gasteiger partial charge in [-0.15, -0.1) is 11.3 Å². The molecule has 1 amide bonds. The van der Waals surface area contributed by atoms with Gasteiger partial charge in [-0.2, -0.15) is 5.26 Å². The molecule has 0 aliphatic carbocycles. The molecule has 0 aliphatic rings. The van der Waals surface area contributed by atoms with Crippen molar-refractivity contribution in [1.29, 1.82) is 5.26 Å². The summed E-state index contributed by atoms with van der Waals surface area (Å²) >= 11 is 1.28. The van der Waals surface area contributed by atoms with E-state index in [9.17, 15) is 10.1 Å². The number of aromatic nitrogens is 1. The van der Waals surface area contributed by atoms with Gasteiger partial charge in [-0.1, -0.05) is 66.7 Å². The summed E-state index contributed by atoms with van der Waals surface area (Å²) < 4.78 is 12.1. The van der Waals surface area contributed by atoms with Crippen molar-refractivity contribution in [3.8, 4) is 17.6 Å². The number of amides is 1. The lowest BCUT2D eigenvalue weighted by Crippen LogP contribution is -2.13. The van der Waals surface area contributed by atoms with Gasteiger partial charge in [0.2, 0.25) is 0 Å². The third-order valence-electron chi connectivity index (χ3n) is 4.77. The third-order valence-corrected chi connectivity index (χ3v) is 5.46. The lowest BCUT2D eigenvalue weighted by molar-refractivity contribution is -0.112. The first kappa shape index (κ1) is 22.8. The molecule has 0 fully saturated rings. The van der Waals surface area contributed by atoms with E-state index in [-0.39, 0.29) is 5.57 Å². The number of nitrogens with zero attached hydrogens (tertiary/aromatic N) is 2. The van der Waals surface area contributed by atoms with Gasteiger partial charge in [-0.25, -0.2) is 4.98 Å². The molecule has 7 heteroatoms. The highest BCUT2D eigenvalue weighted by molar-refractivity contribution is 7.13. The van der Waals surface area contributed by atoms with Crippen molar-refractivity contribution in [2.24, 2.45) is 0 Å². The molecule has 168 valence electrons. The van der Waals surface area contributed by atoms with Crippen LogP contribution in [-0.4, -0.2) is 10.9 Å². The van der Waals surface area contributed by atoms with Crippen molar-refractivity contribution in [2.75, 3.05) is 5.32 Å². The van der Waals surface area contributed by atoms with Crippen LogP contribution in [0, 0.1) is 11.3 Å². The number of ether oxygens (including phenoxy) is 2. The third kappa shape index (κ3) is 6.31. The number of anilines is 1. The molecule has 0 aliphatic heterocycles. The van der Waals surface area contributed by atoms with Crippen LogP contribution in [0.2, 0.25) is 0 Å². The number of hydrogen-bond acceptors (Lipinski definition) is 6. The van der Waals surface area contributed by atoms with Gasteiger partial charge in [0.1, 0.15) is 24.9 Å². The molecule has 0 radical (unpaired) electrons. The molecule has 0 bridgehead atoms. The fourth-order valence-electron chi connectivity index (χ4n) is 3.08. The molecular formula is C27H21N3O3S. The monoisotopic (exact) mass is 467 g/mol. The first-order valence-corrected chi connectivity index (χ1v) is 11.4. The lowest BCUT2D eigenvalue weighted by atomic mass is 10.1. The van der Waals surface area contributed by atoms with Crippen LogP contribution in [0.3, 0.4) is 0 Å². The van der Waals surface area contributed by atoms with Crippen molar-refractivity contribution in [1.82, 2.24) is 4.98 Å². The van der Waals surface area contributed by atoms with E-state index in [0.717, 1.165) is 11.1 Å². The number of carbonyl (C=O) groups excluding carboxylic acids is 1. The van der Waals surface area contributed by atoms with Crippen LogP contribution in [0.15, 0.2) is 96.0 Å². The van der Waals surface area contributed by atoms with E-state index in [2.05, 4.69) is 10.3 Å². The minimum atomic E-state index is -0.520. The summed E-state index contributed by atoms with van der Waals surface area (Å²) in [5, 5.41) is 14.3. The van der Waals surface area contributed by atoms with Crippen LogP contribution in [0.1, 0.15) is 16.7 Å². The number of nitrogens with one attached hydrogen (secondary N) is 1. The molecule has 3 aromatic carbocycles. The Morgan fingerprint density at radius 2 is 1.59 bits per heavy atom. The van der Waals surface area contributed by atoms with Crippen molar-refractivity contribution in [3.63, 3.8) is 0 Å². The number of carbonyl (C=O) groups is 1. The Bertz CT molecular complexity index is 1300. The second kappa shape index (κ2) is 11.5. The van der Waals surface area contributed by atoms with E-state index in [0.29, 0.717) is 35.4 Å². The topological polar surface area (TPSA) is 84.2 Å². The molecule has 0 spiro atoms. The maximum Gasteiger partial charge on any atom is 0.268 e. The first-order chi connectivity index (χ1) is 16.7. The highest BCUT2D eigenvalue weighted by atomic mass is 32.1. The van der Waals surface area contributed by atoms with E-state index in [1.54, 1.807) is 29.8 Å². The zero-order valence-electron chi connectivity index (χ0n) is 18.2. The maximum absolute atomic E-state index is 12.5. The van der Waals surface area contributed by atoms with Gasteiger partial charge in [0.05, 0.1) is 0 Å². The van der Waals surface area contributed by atoms with Crippen molar-refractivity contribution in [3.05, 3.63) is 113 Å². The Kier molecular flexibility index (Phi) is 7.67. The molecule has 1 aromatic heterocycles. The fourth-order valence-corrected chi connectivity index (χ4v) is 3.61. The van der Waals surface area contributed by atoms with E-state index >= 15 is 0 Å². The molecule has 0 atom stereocenters. The second-order valence-corrected chi connectivity index (χ2v) is 8.11. The highest BCUT2D eigenvalue weighted by Gasteiger charge is 2.13. The van der Waals surface area contributed by atoms with Crippen molar-refractivity contribution < 1.29 is 14.3 Å². The SMILES string of the molecule is N#CC(=Cc1ccc(OCc2ccccc2)c(OCc2ccccc2)c1)C(=O)Nc1nccs1. The van der Waals surface area contributed by atoms with Crippen LogP contribution in [-0.2, 0) is 18.0 Å². The summed E-state index contributed by atoms with van der Waals surface area (Å²) in [5.74, 6) is 0.572. The van der Waals surface area contributed by atoms with Gasteiger partial charge < -0.3 is 9.47 Å². The van der Waals surface area contributed by atoms with Gasteiger partial charge in [-0.05, 0) is 34.9 Å². The van der Waals surface area contributed by atoms with Gasteiger partial charge in [0, 0.05) is 11.6 Å². The normalized spacial score (nSPS) is 10.9. The quantitative estimate of drug-likeness (QED) is 0.247. The summed E-state index contributed by atoms with van der Waals surface area (Å²) in [6, 6.07) is 26.9. The van der Waals surface area contributed by atoms with Gasteiger partial charge in [0.25, 0.3) is 5.91 Å². The molecule has 1 heterocycles. The van der Waals surface area contributed by atoms with Crippen LogP contribution < -0.4 is 14.8 Å². The number of rotatable bonds is 9. The van der Waals surface area contributed by atoms with E-state index in [1.807, 2.05) is 66.7 Å². The molecule has 4 rings (SSSR count). The van der Waals surface area contributed by atoms with Crippen LogP contribution in [0.25, 0.3) is 6.08 Å². The van der Waals surface area contributed by atoms with Crippen molar-refractivity contribution in [2.45, 2.75) is 13.2 Å². The Morgan fingerprint density at radius 3 is 2.18 bits per heavy atom. The number of benzene rings is 3. The van der Waals surface area contributed by atoms with E-state index in [1.165, 1.54) is 17.4 Å². The standard InChI is InChI=1S/C27H21N3O3S/c28-17-23(26(31)30-27-29-13-14-34-27)15-22-11-12-24(32-18-20-7-3-1-4-8-20)25(16-22)33-19-21-9-5-2-6-10-21/h1-16H,18-19H2,(H,29,30,31). The number of hydrogen-bond donors (Lipinski definition) is 1. The molecule has 0 saturated heterocycles. The Labute approximate surface area is 201 Å². The summed E-state index contributed by atoms with van der Waals surface area (Å²) in [7, 11) is 0. The Balaban J connectivity index is 1.56. The van der Waals surface area contributed by atoms with Gasteiger partial charge in [-0.3, -0.25) is 10.1 Å². The minimum absolute atomic E-state index is 0.0397. The fraction of sp³-hybridized carbons (Fsp3) is 0.0741. The maximum atomic E-state index is 12.5. The molecule has 1 N–H and O–H groups in total. The summed E-state index contributed by atoms with van der Waals surface area (Å²) in [5.41, 5.74) is 2.65. The predicted molar refractivity (Wildman–Crippen MR) is 132 cm³/mol. The van der Waals surface area contributed by atoms with Crippen molar-refractivity contribution >= 4 is 28.5 Å². The molecule has 0 saturated carbocycles. The van der Waals surface area contributed by atoms with Crippen LogP contribution in [0.4, 0.5) is 5.13 Å². The molecular weight excluding hydrogens is 446 g/mol. The Morgan fingerprint density at radius 1 is 0.941 bits per heavy atom. The molecule has 0 unspecified atom stereocenters. The van der Waals surface area contributed by atoms with Gasteiger partial charge >= 0.3 is 0 Å². The summed E-state index contributed by atoms with van der Waals surface area (Å²) in [6.45, 7) is 0.739. The van der Waals surface area contributed by atoms with Gasteiger partial charge in [0.15, 0.2) is 16.6 Å². The number of thiazole rings is 1. The van der Waals surface area contributed by atoms with E-state index < -0.39 is 5.91 Å². The second-order valence-electron chi connectivity index (χ2n) is 7.22. The molecule has 6 nitrogen and oxygen atoms in total. The average Bonchev–Trinajstić information content (AvgIpc) is 3.39. The predicted octanol–water partition coefficient (Wildman–Crippen LogP) is 5.85. The first-order valence-electron chi connectivity index (χ1n) is 10.5. The minimum Gasteiger partial charge on any atom is -0.485 e. The number of nitriles is 1. The largest absolute Gasteiger partial charge is 0.485 e. The zero-order valence-corrected chi connectivity index (χ0v) is 19.0. The molecule has 34 heavy (non-hydrogen) atoms. The summed E-state index contributed by atoms with van der Waals surface area (Å²) in [6.07, 6.45) is 3.10. The summed E-state index contributed by atoms with van der Waals surface area (Å²) in [4.78, 5) is 16.5. The highest BCUT2D eigenvalue weighted by Crippen LogP contribution is 2.31. The van der Waals surface area contributed by atoms with Crippen LogP contribution >= 0.6 is 11.3 Å². The van der Waals surface area contributed by atoms with E-state index in [4.69, 9.17) is 9.47 Å². The average molecular weight is 468 g/mol. The zero-order chi connectivity index (χ0) is 23.6. The Hall–Kier alpha value is -4.41. The van der Waals surface area contributed by atoms with Crippen LogP contribution in [0.5, 0.6) is 11.5 Å². The molecule has 4 aromatic rings.